The fraction of sp³-hybridized carbons (Fsp3) is 0.562. The Labute approximate surface area is 139 Å². The molecule has 0 spiro atoms. The first-order valence-corrected chi connectivity index (χ1v) is 9.60. The molecule has 0 aromatic heterocycles. The van der Waals surface area contributed by atoms with E-state index in [-0.39, 0.29) is 11.9 Å². The van der Waals surface area contributed by atoms with E-state index in [4.69, 9.17) is 0 Å². The van der Waals surface area contributed by atoms with Gasteiger partial charge in [0.15, 0.2) is 0 Å². The second-order valence-electron chi connectivity index (χ2n) is 5.95. The Hall–Kier alpha value is -1.63. The van der Waals surface area contributed by atoms with Crippen LogP contribution in [0.5, 0.6) is 0 Å². The van der Waals surface area contributed by atoms with Gasteiger partial charge in [-0.3, -0.25) is 4.21 Å². The summed E-state index contributed by atoms with van der Waals surface area (Å²) in [5, 5.41) is 5.45. The van der Waals surface area contributed by atoms with Crippen LogP contribution in [0.15, 0.2) is 18.2 Å². The second-order valence-corrected chi connectivity index (χ2v) is 7.43. The zero-order valence-electron chi connectivity index (χ0n) is 13.6. The van der Waals surface area contributed by atoms with Crippen molar-refractivity contribution in [3.8, 4) is 0 Å². The van der Waals surface area contributed by atoms with Crippen molar-refractivity contribution in [2.75, 3.05) is 35.3 Å². The largest absolute Gasteiger partial charge is 0.370 e. The molecule has 1 aliphatic rings. The number of rotatable bonds is 5. The summed E-state index contributed by atoms with van der Waals surface area (Å²) in [5.74, 6) is -0.000921. The van der Waals surface area contributed by atoms with Crippen molar-refractivity contribution in [3.63, 3.8) is 0 Å². The van der Waals surface area contributed by atoms with Crippen molar-refractivity contribution >= 4 is 28.2 Å². The van der Waals surface area contributed by atoms with Crippen molar-refractivity contribution in [3.05, 3.63) is 24.0 Å². The normalized spacial score (nSPS) is 17.4. The molecule has 2 N–H and O–H groups in total. The van der Waals surface area contributed by atoms with Gasteiger partial charge in [0, 0.05) is 41.9 Å². The first kappa shape index (κ1) is 17.7. The fourth-order valence-electron chi connectivity index (χ4n) is 2.79. The highest BCUT2D eigenvalue weighted by molar-refractivity contribution is 7.84. The Balaban J connectivity index is 2.07. The van der Waals surface area contributed by atoms with Crippen molar-refractivity contribution in [2.45, 2.75) is 32.2 Å². The van der Waals surface area contributed by atoms with Crippen molar-refractivity contribution in [1.29, 1.82) is 0 Å². The number of nitrogens with one attached hydrogen (secondary N) is 2. The Morgan fingerprint density at radius 3 is 2.70 bits per heavy atom. The van der Waals surface area contributed by atoms with E-state index in [1.165, 1.54) is 18.6 Å². The molecule has 1 saturated heterocycles. The van der Waals surface area contributed by atoms with Crippen LogP contribution in [0.4, 0.5) is 20.6 Å². The SMILES string of the molecule is C[C@H](C[S@](C)=O)NC(=O)Nc1cc(F)ccc1N1CCCCC1. The average molecular weight is 341 g/mol. The molecule has 0 aliphatic carbocycles. The number of anilines is 2. The number of carbonyl (C=O) groups is 1. The minimum Gasteiger partial charge on any atom is -0.370 e. The van der Waals surface area contributed by atoms with E-state index >= 15 is 0 Å². The molecule has 23 heavy (non-hydrogen) atoms. The second kappa shape index (κ2) is 8.29. The van der Waals surface area contributed by atoms with Gasteiger partial charge in [0.05, 0.1) is 11.4 Å². The first-order chi connectivity index (χ1) is 11.0. The highest BCUT2D eigenvalue weighted by Crippen LogP contribution is 2.29. The summed E-state index contributed by atoms with van der Waals surface area (Å²) in [6.45, 7) is 3.61. The zero-order valence-corrected chi connectivity index (χ0v) is 14.4. The minimum absolute atomic E-state index is 0.215. The molecule has 2 atom stereocenters. The summed E-state index contributed by atoms with van der Waals surface area (Å²) in [5.41, 5.74) is 1.31. The lowest BCUT2D eigenvalue weighted by Crippen LogP contribution is -2.39. The molecule has 0 saturated carbocycles. The molecular weight excluding hydrogens is 317 g/mol. The van der Waals surface area contributed by atoms with E-state index in [1.54, 1.807) is 19.2 Å². The lowest BCUT2D eigenvalue weighted by molar-refractivity contribution is 0.250. The predicted molar refractivity (Wildman–Crippen MR) is 93.0 cm³/mol. The monoisotopic (exact) mass is 341 g/mol. The molecule has 128 valence electrons. The number of hydrogen-bond acceptors (Lipinski definition) is 3. The first-order valence-electron chi connectivity index (χ1n) is 7.88. The summed E-state index contributed by atoms with van der Waals surface area (Å²) in [7, 11) is -0.981. The molecule has 5 nitrogen and oxygen atoms in total. The molecule has 2 rings (SSSR count). The van der Waals surface area contributed by atoms with Gasteiger partial charge >= 0.3 is 6.03 Å². The van der Waals surface area contributed by atoms with Crippen molar-refractivity contribution < 1.29 is 13.4 Å². The van der Waals surface area contributed by atoms with Crippen LogP contribution in [0.3, 0.4) is 0 Å². The van der Waals surface area contributed by atoms with E-state index in [0.29, 0.717) is 11.4 Å². The molecule has 1 aromatic carbocycles. The Morgan fingerprint density at radius 1 is 1.35 bits per heavy atom. The maximum Gasteiger partial charge on any atom is 0.319 e. The van der Waals surface area contributed by atoms with Crippen LogP contribution in [0, 0.1) is 5.82 Å². The quantitative estimate of drug-likeness (QED) is 0.866. The predicted octanol–water partition coefficient (Wildman–Crippen LogP) is 2.70. The van der Waals surface area contributed by atoms with Crippen LogP contribution in [0.1, 0.15) is 26.2 Å². The average Bonchev–Trinajstić information content (AvgIpc) is 2.47. The topological polar surface area (TPSA) is 61.4 Å². The Bertz CT molecular complexity index is 576. The number of benzene rings is 1. The van der Waals surface area contributed by atoms with Crippen LogP contribution in [-0.2, 0) is 10.8 Å². The fourth-order valence-corrected chi connectivity index (χ4v) is 3.58. The van der Waals surface area contributed by atoms with E-state index in [9.17, 15) is 13.4 Å². The number of hydrogen-bond donors (Lipinski definition) is 2. The number of amides is 2. The lowest BCUT2D eigenvalue weighted by atomic mass is 10.1. The molecule has 0 bridgehead atoms. The Morgan fingerprint density at radius 2 is 2.04 bits per heavy atom. The van der Waals surface area contributed by atoms with Gasteiger partial charge in [-0.1, -0.05) is 0 Å². The van der Waals surface area contributed by atoms with Crippen LogP contribution in [0.25, 0.3) is 0 Å². The molecule has 1 heterocycles. The van der Waals surface area contributed by atoms with Gasteiger partial charge in [0.1, 0.15) is 5.82 Å². The molecule has 1 aromatic rings. The summed E-state index contributed by atoms with van der Waals surface area (Å²) in [6, 6.07) is 3.84. The number of urea groups is 1. The number of nitrogens with zero attached hydrogens (tertiary/aromatic N) is 1. The summed E-state index contributed by atoms with van der Waals surface area (Å²) < 4.78 is 24.8. The van der Waals surface area contributed by atoms with E-state index in [0.717, 1.165) is 31.6 Å². The standard InChI is InChI=1S/C16H24FN3O2S/c1-12(11-23(2)22)18-16(21)19-14-10-13(17)6-7-15(14)20-8-4-3-5-9-20/h6-7,10,12H,3-5,8-9,11H2,1-2H3,(H2,18,19,21)/t12-,23+/m1/s1. The summed E-state index contributed by atoms with van der Waals surface area (Å²) in [6.07, 6.45) is 4.99. The smallest absolute Gasteiger partial charge is 0.319 e. The van der Waals surface area contributed by atoms with Crippen molar-refractivity contribution in [1.82, 2.24) is 5.32 Å². The third kappa shape index (κ3) is 5.49. The highest BCUT2D eigenvalue weighted by Gasteiger charge is 2.17. The van der Waals surface area contributed by atoms with Gasteiger partial charge in [0.2, 0.25) is 0 Å². The molecule has 0 unspecified atom stereocenters. The summed E-state index contributed by atoms with van der Waals surface area (Å²) in [4.78, 5) is 14.3. The van der Waals surface area contributed by atoms with Gasteiger partial charge in [-0.25, -0.2) is 9.18 Å². The van der Waals surface area contributed by atoms with Gasteiger partial charge in [0.25, 0.3) is 0 Å². The summed E-state index contributed by atoms with van der Waals surface area (Å²) >= 11 is 0. The number of halogens is 1. The third-order valence-electron chi connectivity index (χ3n) is 3.77. The Kier molecular flexibility index (Phi) is 6.38. The van der Waals surface area contributed by atoms with Gasteiger partial charge in [-0.05, 0) is 44.4 Å². The van der Waals surface area contributed by atoms with Crippen molar-refractivity contribution in [2.24, 2.45) is 0 Å². The maximum absolute atomic E-state index is 13.6. The van der Waals surface area contributed by atoms with Gasteiger partial charge in [-0.15, -0.1) is 0 Å². The minimum atomic E-state index is -0.981. The number of piperidine rings is 1. The van der Waals surface area contributed by atoms with Crippen LogP contribution in [-0.4, -0.2) is 41.4 Å². The van der Waals surface area contributed by atoms with Crippen LogP contribution >= 0.6 is 0 Å². The molecule has 1 aliphatic heterocycles. The molecule has 0 radical (unpaired) electrons. The number of carbonyl (C=O) groups excluding carboxylic acids is 1. The van der Waals surface area contributed by atoms with E-state index in [1.807, 2.05) is 0 Å². The zero-order chi connectivity index (χ0) is 16.8. The highest BCUT2D eigenvalue weighted by atomic mass is 32.2. The van der Waals surface area contributed by atoms with Gasteiger partial charge in [-0.2, -0.15) is 0 Å². The van der Waals surface area contributed by atoms with Crippen LogP contribution < -0.4 is 15.5 Å². The van der Waals surface area contributed by atoms with Gasteiger partial charge < -0.3 is 15.5 Å². The van der Waals surface area contributed by atoms with E-state index in [2.05, 4.69) is 15.5 Å². The third-order valence-corrected chi connectivity index (χ3v) is 4.74. The van der Waals surface area contributed by atoms with E-state index < -0.39 is 16.8 Å². The molecule has 1 fully saturated rings. The maximum atomic E-state index is 13.6. The molecule has 7 heteroatoms. The molecule has 2 amide bonds. The molecular formula is C16H24FN3O2S. The van der Waals surface area contributed by atoms with Crippen LogP contribution in [0.2, 0.25) is 0 Å². The lowest BCUT2D eigenvalue weighted by Gasteiger charge is -2.30.